The lowest BCUT2D eigenvalue weighted by Crippen LogP contribution is -2.35. The molecule has 7 nitrogen and oxygen atoms in total. The van der Waals surface area contributed by atoms with Gasteiger partial charge in [0.15, 0.2) is 5.17 Å². The molecular formula is C14H14F3N3O4S2. The Balaban J connectivity index is 1.60. The molecule has 0 radical (unpaired) electrons. The number of sulfonamides is 1. The summed E-state index contributed by atoms with van der Waals surface area (Å²) in [6, 6.07) is 4.86. The third-order valence-electron chi connectivity index (χ3n) is 3.53. The van der Waals surface area contributed by atoms with Crippen molar-refractivity contribution in [2.75, 3.05) is 37.0 Å². The Labute approximate surface area is 151 Å². The van der Waals surface area contributed by atoms with E-state index in [9.17, 15) is 26.4 Å². The van der Waals surface area contributed by atoms with Gasteiger partial charge in [0.1, 0.15) is 6.61 Å². The van der Waals surface area contributed by atoms with E-state index in [4.69, 9.17) is 0 Å². The standard InChI is InChI=1S/C14H14F3N3O4S2/c15-14(16,17)8-24-5-3-18-12(21)9-1-2-10-11(7-9)25-13-19-26(22,23)6-4-20(10)13/h1-2,7H,3-6,8H2,(H,18,21). The average Bonchev–Trinajstić information content (AvgIpc) is 2.88. The van der Waals surface area contributed by atoms with Gasteiger partial charge < -0.3 is 15.0 Å². The van der Waals surface area contributed by atoms with Crippen LogP contribution in [0, 0.1) is 0 Å². The second-order valence-electron chi connectivity index (χ2n) is 5.52. The fourth-order valence-electron chi connectivity index (χ4n) is 2.40. The molecule has 2 heterocycles. The summed E-state index contributed by atoms with van der Waals surface area (Å²) in [6.07, 6.45) is -4.40. The summed E-state index contributed by atoms with van der Waals surface area (Å²) in [7, 11) is -3.46. The molecular weight excluding hydrogens is 395 g/mol. The predicted octanol–water partition coefficient (Wildman–Crippen LogP) is 1.61. The molecule has 0 spiro atoms. The molecule has 0 bridgehead atoms. The maximum absolute atomic E-state index is 12.1. The Morgan fingerprint density at radius 3 is 2.88 bits per heavy atom. The van der Waals surface area contributed by atoms with Crippen LogP contribution in [0.3, 0.4) is 0 Å². The lowest BCUT2D eigenvalue weighted by molar-refractivity contribution is -0.173. The first-order valence-electron chi connectivity index (χ1n) is 7.49. The van der Waals surface area contributed by atoms with E-state index in [-0.39, 0.29) is 18.9 Å². The first-order valence-corrected chi connectivity index (χ1v) is 9.92. The number of hydrogen-bond donors (Lipinski definition) is 1. The topological polar surface area (TPSA) is 88.1 Å². The molecule has 0 saturated carbocycles. The number of alkyl halides is 3. The summed E-state index contributed by atoms with van der Waals surface area (Å²) in [4.78, 5) is 14.6. The van der Waals surface area contributed by atoms with Crippen molar-refractivity contribution >= 4 is 38.5 Å². The van der Waals surface area contributed by atoms with Crippen LogP contribution >= 0.6 is 11.8 Å². The quantitative estimate of drug-likeness (QED) is 0.744. The monoisotopic (exact) mass is 409 g/mol. The van der Waals surface area contributed by atoms with E-state index in [0.29, 0.717) is 22.2 Å². The molecule has 2 aliphatic heterocycles. The Kier molecular flexibility index (Phi) is 5.17. The van der Waals surface area contributed by atoms with Crippen LogP contribution in [0.1, 0.15) is 10.4 Å². The van der Waals surface area contributed by atoms with Crippen LogP contribution in [0.4, 0.5) is 18.9 Å². The van der Waals surface area contributed by atoms with Crippen molar-refractivity contribution in [1.29, 1.82) is 0 Å². The van der Waals surface area contributed by atoms with E-state index >= 15 is 0 Å². The number of carbonyl (C=O) groups excluding carboxylic acids is 1. The maximum Gasteiger partial charge on any atom is 0.411 e. The Morgan fingerprint density at radius 2 is 2.15 bits per heavy atom. The van der Waals surface area contributed by atoms with E-state index in [1.807, 2.05) is 0 Å². The number of carbonyl (C=O) groups is 1. The molecule has 1 aromatic carbocycles. The summed E-state index contributed by atoms with van der Waals surface area (Å²) in [6.45, 7) is -1.38. The van der Waals surface area contributed by atoms with E-state index in [1.165, 1.54) is 0 Å². The lowest BCUT2D eigenvalue weighted by Gasteiger charge is -2.22. The first-order chi connectivity index (χ1) is 12.1. The van der Waals surface area contributed by atoms with Gasteiger partial charge in [-0.3, -0.25) is 4.79 Å². The minimum Gasteiger partial charge on any atom is -0.370 e. The highest BCUT2D eigenvalue weighted by Crippen LogP contribution is 2.42. The number of anilines is 1. The normalized spacial score (nSPS) is 18.1. The molecule has 0 saturated heterocycles. The van der Waals surface area contributed by atoms with Gasteiger partial charge in [0.25, 0.3) is 15.9 Å². The summed E-state index contributed by atoms with van der Waals surface area (Å²) in [5.41, 5.74) is 1.09. The number of fused-ring (bicyclic) bond motifs is 3. The summed E-state index contributed by atoms with van der Waals surface area (Å²) in [5.74, 6) is -0.528. The molecule has 12 heteroatoms. The molecule has 1 aromatic rings. The van der Waals surface area contributed by atoms with Crippen molar-refractivity contribution in [2.24, 2.45) is 4.40 Å². The number of amides is 1. The zero-order chi connectivity index (χ0) is 18.9. The number of nitrogens with zero attached hydrogens (tertiary/aromatic N) is 2. The van der Waals surface area contributed by atoms with Gasteiger partial charge in [-0.2, -0.15) is 13.2 Å². The smallest absolute Gasteiger partial charge is 0.370 e. The fraction of sp³-hybridized carbons (Fsp3) is 0.429. The highest BCUT2D eigenvalue weighted by molar-refractivity contribution is 8.15. The van der Waals surface area contributed by atoms with E-state index in [1.54, 1.807) is 23.1 Å². The summed E-state index contributed by atoms with van der Waals surface area (Å²) in [5, 5.41) is 2.82. The Bertz CT molecular complexity index is 855. The number of amidine groups is 1. The second kappa shape index (κ2) is 7.08. The van der Waals surface area contributed by atoms with Crippen molar-refractivity contribution in [3.05, 3.63) is 23.8 Å². The molecule has 1 N–H and O–H groups in total. The number of rotatable bonds is 5. The van der Waals surface area contributed by atoms with Crippen molar-refractivity contribution in [3.8, 4) is 0 Å². The first kappa shape index (κ1) is 19.0. The van der Waals surface area contributed by atoms with Crippen LogP contribution in [0.15, 0.2) is 27.5 Å². The lowest BCUT2D eigenvalue weighted by atomic mass is 10.2. The van der Waals surface area contributed by atoms with Crippen molar-refractivity contribution in [1.82, 2.24) is 5.32 Å². The second-order valence-corrected chi connectivity index (χ2v) is 8.28. The Hall–Kier alpha value is -1.79. The van der Waals surface area contributed by atoms with Crippen LogP contribution in [0.25, 0.3) is 0 Å². The summed E-state index contributed by atoms with van der Waals surface area (Å²) < 4.78 is 67.1. The van der Waals surface area contributed by atoms with Gasteiger partial charge in [-0.05, 0) is 30.0 Å². The number of halogens is 3. The van der Waals surface area contributed by atoms with Gasteiger partial charge >= 0.3 is 6.18 Å². The molecule has 26 heavy (non-hydrogen) atoms. The van der Waals surface area contributed by atoms with E-state index < -0.39 is 28.7 Å². The zero-order valence-corrected chi connectivity index (χ0v) is 14.9. The van der Waals surface area contributed by atoms with Gasteiger partial charge in [0.2, 0.25) is 0 Å². The van der Waals surface area contributed by atoms with Gasteiger partial charge in [-0.1, -0.05) is 0 Å². The fourth-order valence-corrected chi connectivity index (χ4v) is 4.69. The van der Waals surface area contributed by atoms with Gasteiger partial charge in [-0.15, -0.1) is 4.40 Å². The molecule has 0 atom stereocenters. The van der Waals surface area contributed by atoms with Crippen molar-refractivity contribution in [2.45, 2.75) is 11.1 Å². The van der Waals surface area contributed by atoms with Crippen molar-refractivity contribution < 1.29 is 31.1 Å². The predicted molar refractivity (Wildman–Crippen MR) is 90.1 cm³/mol. The van der Waals surface area contributed by atoms with Crippen LogP contribution in [-0.2, 0) is 14.8 Å². The number of ether oxygens (including phenoxy) is 1. The van der Waals surface area contributed by atoms with Crippen LogP contribution in [0.2, 0.25) is 0 Å². The largest absolute Gasteiger partial charge is 0.411 e. The van der Waals surface area contributed by atoms with Crippen molar-refractivity contribution in [3.63, 3.8) is 0 Å². The molecule has 3 rings (SSSR count). The highest BCUT2D eigenvalue weighted by Gasteiger charge is 2.33. The van der Waals surface area contributed by atoms with Gasteiger partial charge in [0, 0.05) is 23.5 Å². The third-order valence-corrected chi connectivity index (χ3v) is 5.84. The number of hydrogen-bond acceptors (Lipinski definition) is 6. The molecule has 0 aliphatic carbocycles. The van der Waals surface area contributed by atoms with Crippen LogP contribution in [0.5, 0.6) is 0 Å². The average molecular weight is 409 g/mol. The number of benzene rings is 1. The molecule has 142 valence electrons. The number of thioether (sulfide) groups is 1. The molecule has 2 aliphatic rings. The molecule has 0 unspecified atom stereocenters. The van der Waals surface area contributed by atoms with E-state index in [2.05, 4.69) is 14.5 Å². The summed E-state index contributed by atoms with van der Waals surface area (Å²) >= 11 is 1.16. The minimum absolute atomic E-state index is 0.0593. The van der Waals surface area contributed by atoms with Gasteiger partial charge in [0.05, 0.1) is 18.0 Å². The molecule has 0 aromatic heterocycles. The zero-order valence-electron chi connectivity index (χ0n) is 13.2. The van der Waals surface area contributed by atoms with Crippen LogP contribution in [-0.4, -0.2) is 57.7 Å². The van der Waals surface area contributed by atoms with E-state index in [0.717, 1.165) is 17.4 Å². The molecule has 1 amide bonds. The van der Waals surface area contributed by atoms with Crippen LogP contribution < -0.4 is 10.2 Å². The highest BCUT2D eigenvalue weighted by atomic mass is 32.2. The van der Waals surface area contributed by atoms with Gasteiger partial charge in [-0.25, -0.2) is 8.42 Å². The Morgan fingerprint density at radius 1 is 1.38 bits per heavy atom. The molecule has 0 fully saturated rings. The minimum atomic E-state index is -4.40. The SMILES string of the molecule is O=C(NCCOCC(F)(F)F)c1ccc2c(c1)SC1=NS(=O)(=O)CCN12. The maximum atomic E-state index is 12.1. The third kappa shape index (κ3) is 4.48. The number of nitrogens with one attached hydrogen (secondary N) is 1.